The highest BCUT2D eigenvalue weighted by atomic mass is 16.5. The van der Waals surface area contributed by atoms with E-state index in [9.17, 15) is 9.59 Å². The van der Waals surface area contributed by atoms with Crippen molar-refractivity contribution in [3.05, 3.63) is 0 Å². The highest BCUT2D eigenvalue weighted by Gasteiger charge is 2.46. The third-order valence-corrected chi connectivity index (χ3v) is 3.42. The minimum Gasteiger partial charge on any atom is -0.379 e. The number of carbonyl (C=O) groups is 2. The Hall–Kier alpha value is -1.14. The molecule has 0 bridgehead atoms. The monoisotopic (exact) mass is 257 g/mol. The molecule has 0 aromatic carbocycles. The number of primary amides is 1. The maximum atomic E-state index is 12.5. The SMILES string of the molecule is CCCCN(CC(N)=O)C(=O)C1(C)COCC1N. The van der Waals surface area contributed by atoms with Gasteiger partial charge in [-0.2, -0.15) is 0 Å². The van der Waals surface area contributed by atoms with Crippen LogP contribution in [0.2, 0.25) is 0 Å². The molecule has 1 aliphatic heterocycles. The molecule has 0 spiro atoms. The number of carbonyl (C=O) groups excluding carboxylic acids is 2. The quantitative estimate of drug-likeness (QED) is 0.668. The summed E-state index contributed by atoms with van der Waals surface area (Å²) in [5, 5.41) is 0. The lowest BCUT2D eigenvalue weighted by molar-refractivity contribution is -0.144. The van der Waals surface area contributed by atoms with Crippen LogP contribution in [0.4, 0.5) is 0 Å². The zero-order chi connectivity index (χ0) is 13.8. The lowest BCUT2D eigenvalue weighted by Gasteiger charge is -2.32. The van der Waals surface area contributed by atoms with Crippen molar-refractivity contribution < 1.29 is 14.3 Å². The molecular weight excluding hydrogens is 234 g/mol. The van der Waals surface area contributed by atoms with Crippen LogP contribution in [-0.4, -0.2) is 49.1 Å². The van der Waals surface area contributed by atoms with Gasteiger partial charge in [-0.3, -0.25) is 9.59 Å². The van der Waals surface area contributed by atoms with Gasteiger partial charge in [0.15, 0.2) is 0 Å². The van der Waals surface area contributed by atoms with E-state index in [1.165, 1.54) is 4.90 Å². The first-order chi connectivity index (χ1) is 8.41. The number of ether oxygens (including phenoxy) is 1. The first kappa shape index (κ1) is 14.9. The molecule has 6 heteroatoms. The predicted octanol–water partition coefficient (Wildman–Crippen LogP) is -0.536. The van der Waals surface area contributed by atoms with Gasteiger partial charge < -0.3 is 21.1 Å². The third-order valence-electron chi connectivity index (χ3n) is 3.42. The molecule has 6 nitrogen and oxygen atoms in total. The molecule has 4 N–H and O–H groups in total. The average Bonchev–Trinajstić information content (AvgIpc) is 2.65. The summed E-state index contributed by atoms with van der Waals surface area (Å²) in [5.74, 6) is -0.643. The van der Waals surface area contributed by atoms with Crippen molar-refractivity contribution in [1.29, 1.82) is 0 Å². The van der Waals surface area contributed by atoms with Crippen LogP contribution in [0.3, 0.4) is 0 Å². The maximum Gasteiger partial charge on any atom is 0.237 e. The van der Waals surface area contributed by atoms with E-state index in [-0.39, 0.29) is 18.5 Å². The van der Waals surface area contributed by atoms with Gasteiger partial charge in [-0.25, -0.2) is 0 Å². The van der Waals surface area contributed by atoms with Crippen molar-refractivity contribution in [2.24, 2.45) is 16.9 Å². The van der Waals surface area contributed by atoms with E-state index < -0.39 is 11.3 Å². The Labute approximate surface area is 108 Å². The van der Waals surface area contributed by atoms with E-state index in [1.807, 2.05) is 6.92 Å². The van der Waals surface area contributed by atoms with Gasteiger partial charge in [-0.15, -0.1) is 0 Å². The Morgan fingerprint density at radius 1 is 1.50 bits per heavy atom. The largest absolute Gasteiger partial charge is 0.379 e. The van der Waals surface area contributed by atoms with Gasteiger partial charge in [0.2, 0.25) is 11.8 Å². The van der Waals surface area contributed by atoms with E-state index in [0.29, 0.717) is 19.8 Å². The Morgan fingerprint density at radius 3 is 2.61 bits per heavy atom. The second-order valence-electron chi connectivity index (χ2n) is 5.09. The number of nitrogens with two attached hydrogens (primary N) is 2. The standard InChI is InChI=1S/C12H23N3O3/c1-3-4-5-15(6-10(14)16)11(17)12(2)8-18-7-9(12)13/h9H,3-8,13H2,1-2H3,(H2,14,16). The van der Waals surface area contributed by atoms with E-state index in [1.54, 1.807) is 6.92 Å². The summed E-state index contributed by atoms with van der Waals surface area (Å²) in [7, 11) is 0. The number of hydrogen-bond donors (Lipinski definition) is 2. The van der Waals surface area contributed by atoms with Crippen molar-refractivity contribution in [2.75, 3.05) is 26.3 Å². The third kappa shape index (κ3) is 3.20. The summed E-state index contributed by atoms with van der Waals surface area (Å²) < 4.78 is 5.26. The van der Waals surface area contributed by atoms with Crippen molar-refractivity contribution in [3.63, 3.8) is 0 Å². The van der Waals surface area contributed by atoms with Crippen molar-refractivity contribution in [3.8, 4) is 0 Å². The van der Waals surface area contributed by atoms with Gasteiger partial charge in [0.1, 0.15) is 0 Å². The van der Waals surface area contributed by atoms with Crippen LogP contribution < -0.4 is 11.5 Å². The number of hydrogen-bond acceptors (Lipinski definition) is 4. The minimum atomic E-state index is -0.747. The number of amides is 2. The first-order valence-corrected chi connectivity index (χ1v) is 6.32. The van der Waals surface area contributed by atoms with Crippen LogP contribution in [0.5, 0.6) is 0 Å². The van der Waals surface area contributed by atoms with Crippen LogP contribution in [-0.2, 0) is 14.3 Å². The maximum absolute atomic E-state index is 12.5. The molecule has 0 radical (unpaired) electrons. The Balaban J connectivity index is 2.77. The van der Waals surface area contributed by atoms with Crippen molar-refractivity contribution in [2.45, 2.75) is 32.7 Å². The molecular formula is C12H23N3O3. The normalized spacial score (nSPS) is 27.2. The molecule has 1 fully saturated rings. The summed E-state index contributed by atoms with van der Waals surface area (Å²) in [6, 6.07) is -0.331. The predicted molar refractivity (Wildman–Crippen MR) is 67.6 cm³/mol. The smallest absolute Gasteiger partial charge is 0.237 e. The van der Waals surface area contributed by atoms with Crippen LogP contribution in [0, 0.1) is 5.41 Å². The van der Waals surface area contributed by atoms with E-state index in [2.05, 4.69) is 0 Å². The fraction of sp³-hybridized carbons (Fsp3) is 0.833. The Morgan fingerprint density at radius 2 is 2.17 bits per heavy atom. The molecule has 2 atom stereocenters. The van der Waals surface area contributed by atoms with Crippen LogP contribution >= 0.6 is 0 Å². The lowest BCUT2D eigenvalue weighted by atomic mass is 9.84. The van der Waals surface area contributed by atoms with Crippen LogP contribution in [0.1, 0.15) is 26.7 Å². The molecule has 0 saturated carbocycles. The zero-order valence-electron chi connectivity index (χ0n) is 11.1. The minimum absolute atomic E-state index is 0.0544. The van der Waals surface area contributed by atoms with Crippen LogP contribution in [0.15, 0.2) is 0 Å². The molecule has 1 rings (SSSR count). The van der Waals surface area contributed by atoms with Crippen molar-refractivity contribution >= 4 is 11.8 Å². The zero-order valence-corrected chi connectivity index (χ0v) is 11.1. The molecule has 0 aliphatic carbocycles. The number of rotatable bonds is 6. The molecule has 1 saturated heterocycles. The highest BCUT2D eigenvalue weighted by Crippen LogP contribution is 2.29. The molecule has 104 valence electrons. The Bertz CT molecular complexity index is 322. The van der Waals surface area contributed by atoms with E-state index >= 15 is 0 Å². The van der Waals surface area contributed by atoms with Gasteiger partial charge in [0.25, 0.3) is 0 Å². The molecule has 1 aliphatic rings. The second-order valence-corrected chi connectivity index (χ2v) is 5.09. The molecule has 0 aromatic heterocycles. The van der Waals surface area contributed by atoms with E-state index in [4.69, 9.17) is 16.2 Å². The highest BCUT2D eigenvalue weighted by molar-refractivity contribution is 5.88. The second kappa shape index (κ2) is 6.15. The first-order valence-electron chi connectivity index (χ1n) is 6.32. The summed E-state index contributed by atoms with van der Waals surface area (Å²) in [5.41, 5.74) is 10.4. The summed E-state index contributed by atoms with van der Waals surface area (Å²) in [6.07, 6.45) is 1.78. The van der Waals surface area contributed by atoms with E-state index in [0.717, 1.165) is 12.8 Å². The molecule has 1 heterocycles. The Kier molecular flexibility index (Phi) is 5.10. The topological polar surface area (TPSA) is 98.6 Å². The fourth-order valence-electron chi connectivity index (χ4n) is 2.06. The van der Waals surface area contributed by atoms with Gasteiger partial charge >= 0.3 is 0 Å². The molecule has 2 unspecified atom stereocenters. The summed E-state index contributed by atoms with van der Waals surface area (Å²) >= 11 is 0. The number of nitrogens with zero attached hydrogens (tertiary/aromatic N) is 1. The summed E-state index contributed by atoms with van der Waals surface area (Å²) in [6.45, 7) is 4.96. The van der Waals surface area contributed by atoms with Gasteiger partial charge in [-0.1, -0.05) is 13.3 Å². The molecule has 0 aromatic rings. The van der Waals surface area contributed by atoms with Crippen LogP contribution in [0.25, 0.3) is 0 Å². The molecule has 18 heavy (non-hydrogen) atoms. The van der Waals surface area contributed by atoms with Gasteiger partial charge in [0.05, 0.1) is 25.2 Å². The lowest BCUT2D eigenvalue weighted by Crippen LogP contribution is -2.53. The molecule has 2 amide bonds. The number of unbranched alkanes of at least 4 members (excludes halogenated alkanes) is 1. The summed E-state index contributed by atoms with van der Waals surface area (Å²) in [4.78, 5) is 25.0. The van der Waals surface area contributed by atoms with Gasteiger partial charge in [0, 0.05) is 12.6 Å². The average molecular weight is 257 g/mol. The van der Waals surface area contributed by atoms with Gasteiger partial charge in [-0.05, 0) is 13.3 Å². The van der Waals surface area contributed by atoms with Crippen molar-refractivity contribution in [1.82, 2.24) is 4.90 Å². The fourth-order valence-corrected chi connectivity index (χ4v) is 2.06.